The van der Waals surface area contributed by atoms with Crippen molar-refractivity contribution in [3.8, 4) is 0 Å². The maximum Gasteiger partial charge on any atom is 0.328 e. The normalized spacial score (nSPS) is 29.4. The van der Waals surface area contributed by atoms with Gasteiger partial charge in [-0.25, -0.2) is 0 Å². The Morgan fingerprint density at radius 3 is 2.33 bits per heavy atom. The van der Waals surface area contributed by atoms with Crippen molar-refractivity contribution in [2.24, 2.45) is 11.3 Å². The third-order valence-corrected chi connectivity index (χ3v) is 2.03. The Kier molecular flexibility index (Phi) is 1.43. The second kappa shape index (κ2) is 1.87. The van der Waals surface area contributed by atoms with Gasteiger partial charge in [0.05, 0.1) is 5.92 Å². The average molecular weight is 149 g/mol. The second-order valence-electron chi connectivity index (χ2n) is 3.14. The van der Waals surface area contributed by atoms with Crippen LogP contribution in [0.1, 0.15) is 20.3 Å². The summed E-state index contributed by atoms with van der Waals surface area (Å²) in [5.74, 6) is -0.253. The molecule has 0 aromatic carbocycles. The largest absolute Gasteiger partial charge is 0.347 e. The summed E-state index contributed by atoms with van der Waals surface area (Å²) in [5, 5.41) is 0. The molecule has 0 aromatic heterocycles. The van der Waals surface area contributed by atoms with Gasteiger partial charge in [-0.1, -0.05) is 13.8 Å². The topological polar surface area (TPSA) is 26.3 Å². The van der Waals surface area contributed by atoms with Crippen LogP contribution >= 0.6 is 11.9 Å². The first-order valence-electron chi connectivity index (χ1n) is 2.90. The molecule has 1 rings (SSSR count). The number of hydrogen-bond acceptors (Lipinski definition) is 2. The monoisotopic (exact) mass is 148 g/mol. The molecule has 2 nitrogen and oxygen atoms in total. The van der Waals surface area contributed by atoms with Gasteiger partial charge in [-0.05, 0) is 11.8 Å². The lowest BCUT2D eigenvalue weighted by Crippen LogP contribution is -2.04. The first kappa shape index (κ1) is 6.87. The Morgan fingerprint density at radius 2 is 2.22 bits per heavy atom. The molecule has 0 amide bonds. The highest BCUT2D eigenvalue weighted by Crippen LogP contribution is 2.52. The molecular weight excluding hydrogens is 140 g/mol. The molecular formula is C6H9ClO2. The van der Waals surface area contributed by atoms with Crippen molar-refractivity contribution < 1.29 is 9.08 Å². The minimum absolute atomic E-state index is 0.0370. The number of carbonyl (C=O) groups excluding carboxylic acids is 1. The molecule has 0 saturated heterocycles. The highest BCUT2D eigenvalue weighted by atomic mass is 35.5. The van der Waals surface area contributed by atoms with Crippen LogP contribution in [0.15, 0.2) is 0 Å². The molecule has 0 heterocycles. The minimum Gasteiger partial charge on any atom is -0.347 e. The summed E-state index contributed by atoms with van der Waals surface area (Å²) >= 11 is 4.86. The third kappa shape index (κ3) is 1.18. The Bertz CT molecular complexity index is 142. The first-order chi connectivity index (χ1) is 4.08. The fraction of sp³-hybridized carbons (Fsp3) is 0.833. The van der Waals surface area contributed by atoms with Gasteiger partial charge in [-0.15, -0.1) is 0 Å². The van der Waals surface area contributed by atoms with Crippen molar-refractivity contribution in [2.75, 3.05) is 0 Å². The predicted octanol–water partition coefficient (Wildman–Crippen LogP) is 1.73. The third-order valence-electron chi connectivity index (χ3n) is 1.87. The van der Waals surface area contributed by atoms with Crippen LogP contribution in [-0.2, 0) is 9.08 Å². The number of carbonyl (C=O) groups is 1. The van der Waals surface area contributed by atoms with E-state index in [9.17, 15) is 4.79 Å². The SMILES string of the molecule is CC1(C)CC1C(=O)OCl. The van der Waals surface area contributed by atoms with E-state index in [0.29, 0.717) is 0 Å². The van der Waals surface area contributed by atoms with E-state index in [1.807, 2.05) is 13.8 Å². The van der Waals surface area contributed by atoms with E-state index >= 15 is 0 Å². The van der Waals surface area contributed by atoms with Crippen molar-refractivity contribution >= 4 is 17.8 Å². The van der Waals surface area contributed by atoms with E-state index in [4.69, 9.17) is 11.9 Å². The van der Waals surface area contributed by atoms with E-state index in [1.165, 1.54) is 0 Å². The van der Waals surface area contributed by atoms with Crippen molar-refractivity contribution in [3.05, 3.63) is 0 Å². The van der Waals surface area contributed by atoms with Crippen molar-refractivity contribution in [1.82, 2.24) is 0 Å². The molecule has 1 fully saturated rings. The van der Waals surface area contributed by atoms with Gasteiger partial charge < -0.3 is 4.29 Å². The van der Waals surface area contributed by atoms with Crippen LogP contribution in [-0.4, -0.2) is 5.97 Å². The molecule has 52 valence electrons. The average Bonchev–Trinajstić information content (AvgIpc) is 2.38. The molecule has 3 heteroatoms. The lowest BCUT2D eigenvalue weighted by atomic mass is 10.1. The highest BCUT2D eigenvalue weighted by molar-refractivity contribution is 6.13. The molecule has 9 heavy (non-hydrogen) atoms. The van der Waals surface area contributed by atoms with E-state index in [2.05, 4.69) is 4.29 Å². The zero-order valence-corrected chi connectivity index (χ0v) is 6.23. The van der Waals surface area contributed by atoms with Gasteiger partial charge >= 0.3 is 5.97 Å². The summed E-state index contributed by atoms with van der Waals surface area (Å²) in [6, 6.07) is 0. The zero-order chi connectivity index (χ0) is 7.07. The Hall–Kier alpha value is -0.240. The van der Waals surface area contributed by atoms with Crippen LogP contribution in [0.25, 0.3) is 0 Å². The molecule has 0 aliphatic heterocycles. The minimum atomic E-state index is -0.290. The van der Waals surface area contributed by atoms with E-state index < -0.39 is 0 Å². The maximum atomic E-state index is 10.6. The number of halogens is 1. The standard InChI is InChI=1S/C6H9ClO2/c1-6(2)3-4(6)5(8)9-7/h4H,3H2,1-2H3. The summed E-state index contributed by atoms with van der Waals surface area (Å²) in [4.78, 5) is 10.6. The lowest BCUT2D eigenvalue weighted by molar-refractivity contribution is -0.136. The van der Waals surface area contributed by atoms with Gasteiger partial charge in [0.1, 0.15) is 11.9 Å². The van der Waals surface area contributed by atoms with Gasteiger partial charge in [0.25, 0.3) is 0 Å². The Labute approximate surface area is 59.3 Å². The van der Waals surface area contributed by atoms with Gasteiger partial charge in [0.2, 0.25) is 0 Å². The van der Waals surface area contributed by atoms with Gasteiger partial charge in [0.15, 0.2) is 0 Å². The second-order valence-corrected chi connectivity index (χ2v) is 3.30. The molecule has 0 bridgehead atoms. The molecule has 1 atom stereocenters. The Morgan fingerprint density at radius 1 is 1.78 bits per heavy atom. The summed E-state index contributed by atoms with van der Waals surface area (Å²) in [7, 11) is 0. The van der Waals surface area contributed by atoms with E-state index in [-0.39, 0.29) is 17.3 Å². The predicted molar refractivity (Wildman–Crippen MR) is 33.8 cm³/mol. The van der Waals surface area contributed by atoms with Crippen LogP contribution in [0.3, 0.4) is 0 Å². The lowest BCUT2D eigenvalue weighted by Gasteiger charge is -1.96. The zero-order valence-electron chi connectivity index (χ0n) is 5.48. The smallest absolute Gasteiger partial charge is 0.328 e. The van der Waals surface area contributed by atoms with Crippen LogP contribution in [0.2, 0.25) is 0 Å². The maximum absolute atomic E-state index is 10.6. The van der Waals surface area contributed by atoms with Gasteiger partial charge in [-0.2, -0.15) is 0 Å². The van der Waals surface area contributed by atoms with Crippen LogP contribution in [0.5, 0.6) is 0 Å². The molecule has 1 unspecified atom stereocenters. The summed E-state index contributed by atoms with van der Waals surface area (Å²) in [6.45, 7) is 4.04. The van der Waals surface area contributed by atoms with E-state index in [1.54, 1.807) is 0 Å². The fourth-order valence-corrected chi connectivity index (χ4v) is 1.03. The quantitative estimate of drug-likeness (QED) is 0.566. The molecule has 0 spiro atoms. The molecule has 1 aliphatic rings. The molecule has 0 radical (unpaired) electrons. The highest BCUT2D eigenvalue weighted by Gasteiger charge is 2.51. The van der Waals surface area contributed by atoms with Crippen molar-refractivity contribution in [3.63, 3.8) is 0 Å². The van der Waals surface area contributed by atoms with Gasteiger partial charge in [-0.3, -0.25) is 4.79 Å². The summed E-state index contributed by atoms with van der Waals surface area (Å²) in [6.07, 6.45) is 0.901. The van der Waals surface area contributed by atoms with E-state index in [0.717, 1.165) is 6.42 Å². The fourth-order valence-electron chi connectivity index (χ4n) is 0.923. The van der Waals surface area contributed by atoms with Gasteiger partial charge in [0, 0.05) is 0 Å². The first-order valence-corrected chi connectivity index (χ1v) is 3.21. The van der Waals surface area contributed by atoms with Crippen LogP contribution in [0.4, 0.5) is 0 Å². The van der Waals surface area contributed by atoms with Crippen LogP contribution in [0, 0.1) is 11.3 Å². The molecule has 1 saturated carbocycles. The molecule has 0 N–H and O–H groups in total. The van der Waals surface area contributed by atoms with Crippen LogP contribution < -0.4 is 0 Å². The number of rotatable bonds is 1. The number of hydrogen-bond donors (Lipinski definition) is 0. The molecule has 1 aliphatic carbocycles. The summed E-state index contributed by atoms with van der Waals surface area (Å²) < 4.78 is 4.04. The van der Waals surface area contributed by atoms with Crippen molar-refractivity contribution in [2.45, 2.75) is 20.3 Å². The Balaban J connectivity index is 2.42. The summed E-state index contributed by atoms with van der Waals surface area (Å²) in [5.41, 5.74) is 0.131. The van der Waals surface area contributed by atoms with Crippen molar-refractivity contribution in [1.29, 1.82) is 0 Å². The molecule has 0 aromatic rings.